The van der Waals surface area contributed by atoms with Gasteiger partial charge in [-0.05, 0) is 55.4 Å². The summed E-state index contributed by atoms with van der Waals surface area (Å²) in [6.07, 6.45) is 2.55. The molecule has 0 aromatic heterocycles. The van der Waals surface area contributed by atoms with E-state index in [0.717, 1.165) is 5.92 Å². The number of hydrogen-bond donors (Lipinski definition) is 1. The molecule has 2 heteroatoms. The lowest BCUT2D eigenvalue weighted by Crippen LogP contribution is -2.35. The van der Waals surface area contributed by atoms with Crippen molar-refractivity contribution >= 4 is 11.8 Å². The second-order valence-electron chi connectivity index (χ2n) is 4.65. The van der Waals surface area contributed by atoms with E-state index in [1.807, 2.05) is 0 Å². The van der Waals surface area contributed by atoms with Crippen LogP contribution in [-0.4, -0.2) is 24.6 Å². The van der Waals surface area contributed by atoms with E-state index in [1.54, 1.807) is 0 Å². The molecule has 1 aliphatic heterocycles. The van der Waals surface area contributed by atoms with Gasteiger partial charge in [0.2, 0.25) is 0 Å². The molecule has 88 valence electrons. The fourth-order valence-electron chi connectivity index (χ4n) is 2.45. The highest BCUT2D eigenvalue weighted by Gasteiger charge is 2.24. The smallest absolute Gasteiger partial charge is 0.0141 e. The van der Waals surface area contributed by atoms with Crippen LogP contribution in [0.1, 0.15) is 17.5 Å². The number of benzene rings is 1. The van der Waals surface area contributed by atoms with Crippen LogP contribution in [-0.2, 0) is 6.42 Å². The summed E-state index contributed by atoms with van der Waals surface area (Å²) in [4.78, 5) is 0. The van der Waals surface area contributed by atoms with E-state index in [2.05, 4.69) is 55.3 Å². The van der Waals surface area contributed by atoms with Crippen LogP contribution >= 0.6 is 11.8 Å². The van der Waals surface area contributed by atoms with Crippen molar-refractivity contribution in [3.8, 4) is 0 Å². The first-order valence-electron chi connectivity index (χ1n) is 6.11. The molecule has 0 spiro atoms. The third-order valence-corrected chi connectivity index (χ3v) is 4.79. The molecular formula is C14H21NS. The molecule has 1 nitrogen and oxygen atoms in total. The van der Waals surface area contributed by atoms with Crippen molar-refractivity contribution in [2.24, 2.45) is 5.92 Å². The molecule has 1 aromatic carbocycles. The molecule has 1 fully saturated rings. The van der Waals surface area contributed by atoms with Gasteiger partial charge in [0.15, 0.2) is 0 Å². The van der Waals surface area contributed by atoms with E-state index in [4.69, 9.17) is 0 Å². The van der Waals surface area contributed by atoms with Crippen LogP contribution in [0.15, 0.2) is 24.3 Å². The van der Waals surface area contributed by atoms with Crippen LogP contribution in [0.3, 0.4) is 0 Å². The predicted molar refractivity (Wildman–Crippen MR) is 73.2 cm³/mol. The molecule has 0 radical (unpaired) electrons. The number of thioether (sulfide) groups is 1. The average Bonchev–Trinajstić information content (AvgIpc) is 2.81. The van der Waals surface area contributed by atoms with Crippen molar-refractivity contribution in [2.45, 2.75) is 25.8 Å². The van der Waals surface area contributed by atoms with Gasteiger partial charge in [0.1, 0.15) is 0 Å². The van der Waals surface area contributed by atoms with E-state index < -0.39 is 0 Å². The lowest BCUT2D eigenvalue weighted by atomic mass is 9.91. The third kappa shape index (κ3) is 2.80. The van der Waals surface area contributed by atoms with Crippen LogP contribution < -0.4 is 5.32 Å². The quantitative estimate of drug-likeness (QED) is 0.861. The Morgan fingerprint density at radius 2 is 2.25 bits per heavy atom. The van der Waals surface area contributed by atoms with Gasteiger partial charge < -0.3 is 5.32 Å². The zero-order valence-electron chi connectivity index (χ0n) is 10.2. The topological polar surface area (TPSA) is 12.0 Å². The Morgan fingerprint density at radius 3 is 2.88 bits per heavy atom. The van der Waals surface area contributed by atoms with E-state index >= 15 is 0 Å². The molecule has 1 saturated heterocycles. The lowest BCUT2D eigenvalue weighted by Gasteiger charge is -2.23. The van der Waals surface area contributed by atoms with Crippen molar-refractivity contribution in [3.05, 3.63) is 35.4 Å². The van der Waals surface area contributed by atoms with Gasteiger partial charge in [-0.3, -0.25) is 0 Å². The van der Waals surface area contributed by atoms with Crippen LogP contribution in [0.25, 0.3) is 0 Å². The SMILES string of the molecule is CNC(Cc1ccccc1C)C1CCSC1. The molecule has 0 saturated carbocycles. The molecule has 1 aliphatic rings. The second-order valence-corrected chi connectivity index (χ2v) is 5.80. The van der Waals surface area contributed by atoms with Crippen LogP contribution in [0, 0.1) is 12.8 Å². The second kappa shape index (κ2) is 5.74. The van der Waals surface area contributed by atoms with Gasteiger partial charge in [-0.1, -0.05) is 24.3 Å². The summed E-state index contributed by atoms with van der Waals surface area (Å²) in [7, 11) is 2.10. The largest absolute Gasteiger partial charge is 0.316 e. The molecule has 2 atom stereocenters. The van der Waals surface area contributed by atoms with Crippen LogP contribution in [0.5, 0.6) is 0 Å². The first-order chi connectivity index (χ1) is 7.81. The molecule has 1 aromatic rings. The highest BCUT2D eigenvalue weighted by atomic mass is 32.2. The van der Waals surface area contributed by atoms with E-state index in [1.165, 1.54) is 35.5 Å². The van der Waals surface area contributed by atoms with Gasteiger partial charge in [0.25, 0.3) is 0 Å². The van der Waals surface area contributed by atoms with Gasteiger partial charge in [-0.25, -0.2) is 0 Å². The van der Waals surface area contributed by atoms with E-state index in [9.17, 15) is 0 Å². The number of nitrogens with one attached hydrogen (secondary N) is 1. The standard InChI is InChI=1S/C14H21NS/c1-11-5-3-4-6-12(11)9-14(15-2)13-7-8-16-10-13/h3-6,13-15H,7-10H2,1-2H3. The molecule has 1 heterocycles. The molecule has 0 bridgehead atoms. The van der Waals surface area contributed by atoms with Crippen molar-refractivity contribution in [2.75, 3.05) is 18.6 Å². The first-order valence-corrected chi connectivity index (χ1v) is 7.26. The highest BCUT2D eigenvalue weighted by molar-refractivity contribution is 7.99. The predicted octanol–water partition coefficient (Wildman–Crippen LogP) is 2.88. The summed E-state index contributed by atoms with van der Waals surface area (Å²) >= 11 is 2.10. The van der Waals surface area contributed by atoms with Gasteiger partial charge >= 0.3 is 0 Å². The number of aryl methyl sites for hydroxylation is 1. The summed E-state index contributed by atoms with van der Waals surface area (Å²) in [6.45, 7) is 2.21. The summed E-state index contributed by atoms with van der Waals surface area (Å²) in [5.74, 6) is 3.53. The Balaban J connectivity index is 2.03. The maximum atomic E-state index is 3.51. The Labute approximate surface area is 103 Å². The van der Waals surface area contributed by atoms with Crippen LogP contribution in [0.2, 0.25) is 0 Å². The fraction of sp³-hybridized carbons (Fsp3) is 0.571. The van der Waals surface area contributed by atoms with Gasteiger partial charge in [-0.2, -0.15) is 11.8 Å². The normalized spacial score (nSPS) is 22.2. The monoisotopic (exact) mass is 235 g/mol. The zero-order valence-corrected chi connectivity index (χ0v) is 11.0. The Morgan fingerprint density at radius 1 is 1.44 bits per heavy atom. The Kier molecular flexibility index (Phi) is 4.30. The summed E-state index contributed by atoms with van der Waals surface area (Å²) in [5.41, 5.74) is 2.92. The van der Waals surface area contributed by atoms with Crippen molar-refractivity contribution < 1.29 is 0 Å². The zero-order chi connectivity index (χ0) is 11.4. The van der Waals surface area contributed by atoms with E-state index in [-0.39, 0.29) is 0 Å². The number of likely N-dealkylation sites (N-methyl/N-ethyl adjacent to an activating group) is 1. The minimum atomic E-state index is 0.649. The molecule has 1 N–H and O–H groups in total. The van der Waals surface area contributed by atoms with Crippen LogP contribution in [0.4, 0.5) is 0 Å². The van der Waals surface area contributed by atoms with Gasteiger partial charge in [0, 0.05) is 6.04 Å². The molecular weight excluding hydrogens is 214 g/mol. The first kappa shape index (κ1) is 12.0. The lowest BCUT2D eigenvalue weighted by molar-refractivity contribution is 0.403. The molecule has 0 aliphatic carbocycles. The number of hydrogen-bond acceptors (Lipinski definition) is 2. The van der Waals surface area contributed by atoms with Crippen molar-refractivity contribution in [1.82, 2.24) is 5.32 Å². The molecule has 0 amide bonds. The van der Waals surface area contributed by atoms with E-state index in [0.29, 0.717) is 6.04 Å². The Bertz CT molecular complexity index is 331. The maximum Gasteiger partial charge on any atom is 0.0141 e. The average molecular weight is 235 g/mol. The van der Waals surface area contributed by atoms with Crippen molar-refractivity contribution in [1.29, 1.82) is 0 Å². The summed E-state index contributed by atoms with van der Waals surface area (Å²) in [5, 5.41) is 3.51. The van der Waals surface area contributed by atoms with Gasteiger partial charge in [-0.15, -0.1) is 0 Å². The minimum absolute atomic E-state index is 0.649. The molecule has 2 rings (SSSR count). The number of rotatable bonds is 4. The molecule has 2 unspecified atom stereocenters. The third-order valence-electron chi connectivity index (χ3n) is 3.61. The summed E-state index contributed by atoms with van der Waals surface area (Å²) < 4.78 is 0. The maximum absolute atomic E-state index is 3.51. The fourth-order valence-corrected chi connectivity index (χ4v) is 3.79. The van der Waals surface area contributed by atoms with Crippen molar-refractivity contribution in [3.63, 3.8) is 0 Å². The Hall–Kier alpha value is -0.470. The van der Waals surface area contributed by atoms with Gasteiger partial charge in [0.05, 0.1) is 0 Å². The highest BCUT2D eigenvalue weighted by Crippen LogP contribution is 2.28. The summed E-state index contributed by atoms with van der Waals surface area (Å²) in [6, 6.07) is 9.40. The molecule has 16 heavy (non-hydrogen) atoms. The minimum Gasteiger partial charge on any atom is -0.316 e.